The fourth-order valence-electron chi connectivity index (χ4n) is 3.29. The smallest absolute Gasteiger partial charge is 0.434 e. The maximum atomic E-state index is 11.9. The first-order chi connectivity index (χ1) is 12.6. The lowest BCUT2D eigenvalue weighted by atomic mass is 9.98. The fraction of sp³-hybridized carbons (Fsp3) is 0.200. The van der Waals surface area contributed by atoms with Crippen molar-refractivity contribution in [3.05, 3.63) is 46.5 Å². The quantitative estimate of drug-likeness (QED) is 0.628. The van der Waals surface area contributed by atoms with Crippen molar-refractivity contribution < 1.29 is 28.5 Å². The van der Waals surface area contributed by atoms with Crippen LogP contribution in [0.1, 0.15) is 36.1 Å². The topological polar surface area (TPSA) is 71.1 Å². The molecule has 6 nitrogen and oxygen atoms in total. The van der Waals surface area contributed by atoms with Crippen LogP contribution in [0.4, 0.5) is 9.59 Å². The summed E-state index contributed by atoms with van der Waals surface area (Å²) in [5.74, 6) is 0.309. The van der Waals surface area contributed by atoms with Crippen molar-refractivity contribution in [1.29, 1.82) is 0 Å². The Morgan fingerprint density at radius 2 is 1.19 bits per heavy atom. The predicted molar refractivity (Wildman–Crippen MR) is 95.9 cm³/mol. The summed E-state index contributed by atoms with van der Waals surface area (Å²) in [6.45, 7) is 3.72. The zero-order valence-electron chi connectivity index (χ0n) is 14.3. The molecule has 0 atom stereocenters. The molecule has 132 valence electrons. The van der Waals surface area contributed by atoms with Crippen LogP contribution in [0, 0.1) is 0 Å². The van der Waals surface area contributed by atoms with E-state index in [0.717, 1.165) is 21.9 Å². The highest BCUT2D eigenvalue weighted by Gasteiger charge is 2.33. The van der Waals surface area contributed by atoms with Crippen LogP contribution in [0.5, 0.6) is 0 Å². The molecule has 0 unspecified atom stereocenters. The van der Waals surface area contributed by atoms with Gasteiger partial charge >= 0.3 is 12.3 Å². The second-order valence-electron chi connectivity index (χ2n) is 5.72. The molecule has 0 radical (unpaired) electrons. The fourth-order valence-corrected chi connectivity index (χ4v) is 3.29. The average molecular weight is 352 g/mol. The van der Waals surface area contributed by atoms with Crippen LogP contribution in [0.15, 0.2) is 24.3 Å². The maximum absolute atomic E-state index is 11.9. The minimum Gasteiger partial charge on any atom is -0.434 e. The second kappa shape index (κ2) is 6.22. The number of rotatable bonds is 4. The van der Waals surface area contributed by atoms with E-state index in [-0.39, 0.29) is 24.7 Å². The van der Waals surface area contributed by atoms with Gasteiger partial charge in [0.05, 0.1) is 13.2 Å². The maximum Gasteiger partial charge on any atom is 0.513 e. The molecule has 0 N–H and O–H groups in total. The van der Waals surface area contributed by atoms with E-state index in [1.807, 2.05) is 36.4 Å². The first-order valence-electron chi connectivity index (χ1n) is 8.36. The lowest BCUT2D eigenvalue weighted by Crippen LogP contribution is -2.10. The average Bonchev–Trinajstić information content (AvgIpc) is 3.15. The zero-order valence-corrected chi connectivity index (χ0v) is 14.3. The first-order valence-corrected chi connectivity index (χ1v) is 8.36. The van der Waals surface area contributed by atoms with Crippen LogP contribution < -0.4 is 0 Å². The second-order valence-corrected chi connectivity index (χ2v) is 5.72. The number of carbonyl (C=O) groups excluding carboxylic acids is 2. The predicted octanol–water partition coefficient (Wildman–Crippen LogP) is 4.81. The number of carbonyl (C=O) groups is 2. The summed E-state index contributed by atoms with van der Waals surface area (Å²) in [5, 5.41) is 1.91. The first kappa shape index (κ1) is 16.2. The lowest BCUT2D eigenvalue weighted by Gasteiger charge is -2.10. The van der Waals surface area contributed by atoms with Crippen LogP contribution in [0.3, 0.4) is 0 Å². The van der Waals surface area contributed by atoms with Crippen molar-refractivity contribution in [3.8, 4) is 0 Å². The Labute approximate surface area is 149 Å². The normalized spacial score (nSPS) is 13.3. The summed E-state index contributed by atoms with van der Waals surface area (Å²) in [6.07, 6.45) is 2.33. The Morgan fingerprint density at radius 1 is 0.731 bits per heavy atom. The molecular weight excluding hydrogens is 336 g/mol. The number of benzene rings is 2. The van der Waals surface area contributed by atoms with Gasteiger partial charge in [0.2, 0.25) is 0 Å². The summed E-state index contributed by atoms with van der Waals surface area (Å²) in [5.41, 5.74) is 3.48. The number of hydrogen-bond acceptors (Lipinski definition) is 6. The van der Waals surface area contributed by atoms with Gasteiger partial charge < -0.3 is 18.9 Å². The van der Waals surface area contributed by atoms with Gasteiger partial charge in [0, 0.05) is 16.5 Å². The van der Waals surface area contributed by atoms with Gasteiger partial charge in [-0.05, 0) is 42.5 Å². The Hall–Kier alpha value is -3.28. The Morgan fingerprint density at radius 3 is 1.62 bits per heavy atom. The van der Waals surface area contributed by atoms with E-state index in [1.54, 1.807) is 13.8 Å². The molecule has 0 saturated heterocycles. The summed E-state index contributed by atoms with van der Waals surface area (Å²) in [6, 6.07) is 7.57. The van der Waals surface area contributed by atoms with Crippen molar-refractivity contribution >= 4 is 46.8 Å². The van der Waals surface area contributed by atoms with Gasteiger partial charge in [-0.1, -0.05) is 24.3 Å². The highest BCUT2D eigenvalue weighted by atomic mass is 16.7. The van der Waals surface area contributed by atoms with Crippen molar-refractivity contribution in [3.63, 3.8) is 0 Å². The highest BCUT2D eigenvalue weighted by Crippen LogP contribution is 2.47. The monoisotopic (exact) mass is 352 g/mol. The number of ether oxygens (including phenoxy) is 4. The van der Waals surface area contributed by atoms with Crippen LogP contribution in [-0.4, -0.2) is 25.5 Å². The molecule has 4 rings (SSSR count). The van der Waals surface area contributed by atoms with Gasteiger partial charge in [-0.3, -0.25) is 0 Å². The van der Waals surface area contributed by atoms with Crippen molar-refractivity contribution in [1.82, 2.24) is 0 Å². The van der Waals surface area contributed by atoms with Gasteiger partial charge in [0.1, 0.15) is 0 Å². The molecule has 0 bridgehead atoms. The molecule has 26 heavy (non-hydrogen) atoms. The van der Waals surface area contributed by atoms with Gasteiger partial charge in [-0.15, -0.1) is 0 Å². The minimum atomic E-state index is -0.856. The minimum absolute atomic E-state index is 0.155. The largest absolute Gasteiger partial charge is 0.513 e. The molecule has 0 saturated carbocycles. The standard InChI is InChI=1S/C20H16O6/c1-3-23-19(21)25-17-13-9-7-11-5-6-12-8-10-14(16(13)15(11)12)18(17)26-20(22)24-4-2/h5-10H,3-4H2,1-2H3. The third kappa shape index (κ3) is 2.42. The van der Waals surface area contributed by atoms with E-state index in [9.17, 15) is 9.59 Å². The summed E-state index contributed by atoms with van der Waals surface area (Å²) >= 11 is 0. The molecule has 0 heterocycles. The highest BCUT2D eigenvalue weighted by molar-refractivity contribution is 6.18. The van der Waals surface area contributed by atoms with Gasteiger partial charge in [-0.2, -0.15) is 0 Å². The molecule has 6 heteroatoms. The van der Waals surface area contributed by atoms with Crippen LogP contribution in [-0.2, 0) is 18.9 Å². The van der Waals surface area contributed by atoms with Gasteiger partial charge in [0.25, 0.3) is 0 Å². The van der Waals surface area contributed by atoms with Crippen molar-refractivity contribution in [2.24, 2.45) is 0 Å². The molecule has 0 amide bonds. The van der Waals surface area contributed by atoms with E-state index >= 15 is 0 Å². The third-order valence-corrected chi connectivity index (χ3v) is 4.26. The third-order valence-electron chi connectivity index (χ3n) is 4.26. The summed E-state index contributed by atoms with van der Waals surface area (Å²) < 4.78 is 20.5. The Kier molecular flexibility index (Phi) is 3.88. The van der Waals surface area contributed by atoms with E-state index in [2.05, 4.69) is 0 Å². The molecule has 0 aromatic heterocycles. The number of hydrogen-bond donors (Lipinski definition) is 0. The molecular formula is C20H16O6. The van der Waals surface area contributed by atoms with Gasteiger partial charge in [0.15, 0.2) is 11.5 Å². The van der Waals surface area contributed by atoms with Crippen molar-refractivity contribution in [2.45, 2.75) is 13.8 Å². The molecule has 2 aliphatic rings. The van der Waals surface area contributed by atoms with Crippen LogP contribution >= 0.6 is 0 Å². The molecule has 0 aliphatic heterocycles. The van der Waals surface area contributed by atoms with Crippen LogP contribution in [0.2, 0.25) is 0 Å². The Balaban J connectivity index is 1.86. The van der Waals surface area contributed by atoms with E-state index in [4.69, 9.17) is 18.9 Å². The van der Waals surface area contributed by atoms with Crippen LogP contribution in [0.25, 0.3) is 34.4 Å². The zero-order chi connectivity index (χ0) is 18.3. The molecule has 0 spiro atoms. The summed E-state index contributed by atoms with van der Waals surface area (Å²) in [7, 11) is 0. The molecule has 2 aromatic carbocycles. The van der Waals surface area contributed by atoms with E-state index < -0.39 is 12.3 Å². The van der Waals surface area contributed by atoms with Crippen molar-refractivity contribution in [2.75, 3.05) is 13.2 Å². The van der Waals surface area contributed by atoms with Gasteiger partial charge in [-0.25, -0.2) is 9.59 Å². The molecule has 2 aromatic rings. The summed E-state index contributed by atoms with van der Waals surface area (Å²) in [4.78, 5) is 23.8. The molecule has 0 fully saturated rings. The SMILES string of the molecule is CCOC(=O)OC1=C(OC(=O)OCC)c2ccc3c4c(ccc1c24)C=C3. The van der Waals surface area contributed by atoms with E-state index in [1.165, 1.54) is 0 Å². The van der Waals surface area contributed by atoms with E-state index in [0.29, 0.717) is 11.1 Å². The Bertz CT molecular complexity index is 924. The lowest BCUT2D eigenvalue weighted by molar-refractivity contribution is 0.0873. The molecule has 2 aliphatic carbocycles.